The van der Waals surface area contributed by atoms with Crippen molar-refractivity contribution in [3.63, 3.8) is 0 Å². The molecule has 2 aliphatic heterocycles. The largest absolute Gasteiger partial charge is 0.389 e. The van der Waals surface area contributed by atoms with E-state index in [9.17, 15) is 9.50 Å². The topological polar surface area (TPSA) is 47.9 Å². The first-order valence-corrected chi connectivity index (χ1v) is 10.5. The van der Waals surface area contributed by atoms with Crippen LogP contribution in [0.15, 0.2) is 57.9 Å². The number of benzene rings is 2. The molecule has 0 bridgehead atoms. The predicted octanol–water partition coefficient (Wildman–Crippen LogP) is 4.52. The molecule has 1 N–H and O–H groups in total. The first-order chi connectivity index (χ1) is 13.0. The van der Waals surface area contributed by atoms with Crippen LogP contribution >= 0.6 is 27.7 Å². The molecule has 144 valence electrons. The summed E-state index contributed by atoms with van der Waals surface area (Å²) in [5.74, 6) is -0.513. The van der Waals surface area contributed by atoms with E-state index in [4.69, 9.17) is 14.2 Å². The van der Waals surface area contributed by atoms with Crippen molar-refractivity contribution in [2.24, 2.45) is 5.92 Å². The van der Waals surface area contributed by atoms with E-state index in [1.807, 2.05) is 37.3 Å². The molecule has 7 heteroatoms. The number of thioether (sulfide) groups is 1. The molecule has 4 unspecified atom stereocenters. The molecule has 4 nitrogen and oxygen atoms in total. The van der Waals surface area contributed by atoms with Crippen molar-refractivity contribution in [1.29, 1.82) is 0 Å². The first kappa shape index (κ1) is 19.4. The SMILES string of the molecule is CC1C(O)[C@@H](Sc2cc(Br)ccc2F)OC2COC(c3ccccc3)O[C@@H]21. The Morgan fingerprint density at radius 2 is 1.93 bits per heavy atom. The second-order valence-corrected chi connectivity index (χ2v) is 8.82. The third-order valence-electron chi connectivity index (χ3n) is 4.91. The Morgan fingerprint density at radius 3 is 2.70 bits per heavy atom. The highest BCUT2D eigenvalue weighted by Crippen LogP contribution is 2.42. The molecule has 0 aliphatic carbocycles. The Kier molecular flexibility index (Phi) is 5.87. The Balaban J connectivity index is 1.48. The van der Waals surface area contributed by atoms with Crippen LogP contribution < -0.4 is 0 Å². The fourth-order valence-corrected chi connectivity index (χ4v) is 5.12. The van der Waals surface area contributed by atoms with Gasteiger partial charge in [0.05, 0.1) is 18.8 Å². The van der Waals surface area contributed by atoms with Crippen LogP contribution in [0.5, 0.6) is 0 Å². The van der Waals surface area contributed by atoms with Gasteiger partial charge in [0.15, 0.2) is 6.29 Å². The third-order valence-corrected chi connectivity index (χ3v) is 6.59. The van der Waals surface area contributed by atoms with Gasteiger partial charge >= 0.3 is 0 Å². The summed E-state index contributed by atoms with van der Waals surface area (Å²) in [4.78, 5) is 0.430. The van der Waals surface area contributed by atoms with E-state index in [1.165, 1.54) is 17.8 Å². The molecule has 2 fully saturated rings. The normalized spacial score (nSPS) is 33.5. The van der Waals surface area contributed by atoms with Crippen LogP contribution in [0.2, 0.25) is 0 Å². The second-order valence-electron chi connectivity index (χ2n) is 6.76. The van der Waals surface area contributed by atoms with E-state index < -0.39 is 17.8 Å². The Labute approximate surface area is 170 Å². The average molecular weight is 455 g/mol. The fourth-order valence-electron chi connectivity index (χ4n) is 3.40. The van der Waals surface area contributed by atoms with Gasteiger partial charge < -0.3 is 19.3 Å². The monoisotopic (exact) mass is 454 g/mol. The van der Waals surface area contributed by atoms with Crippen LogP contribution in [0.1, 0.15) is 18.8 Å². The maximum atomic E-state index is 14.1. The Bertz CT molecular complexity index is 791. The number of hydrogen-bond donors (Lipinski definition) is 1. The highest BCUT2D eigenvalue weighted by atomic mass is 79.9. The van der Waals surface area contributed by atoms with Crippen LogP contribution in [0.25, 0.3) is 0 Å². The van der Waals surface area contributed by atoms with E-state index in [0.29, 0.717) is 11.5 Å². The molecule has 2 aliphatic rings. The Morgan fingerprint density at radius 1 is 1.15 bits per heavy atom. The van der Waals surface area contributed by atoms with E-state index in [-0.39, 0.29) is 23.9 Å². The molecule has 0 spiro atoms. The number of ether oxygens (including phenoxy) is 3. The molecule has 0 amide bonds. The van der Waals surface area contributed by atoms with Gasteiger partial charge in [0.25, 0.3) is 0 Å². The number of aliphatic hydroxyl groups excluding tert-OH is 1. The zero-order chi connectivity index (χ0) is 19.0. The van der Waals surface area contributed by atoms with Gasteiger partial charge in [0.1, 0.15) is 17.4 Å². The summed E-state index contributed by atoms with van der Waals surface area (Å²) in [6.45, 7) is 2.29. The lowest BCUT2D eigenvalue weighted by Gasteiger charge is -2.47. The van der Waals surface area contributed by atoms with Gasteiger partial charge in [0.2, 0.25) is 0 Å². The number of aliphatic hydroxyl groups is 1. The highest BCUT2D eigenvalue weighted by molar-refractivity contribution is 9.10. The summed E-state index contributed by atoms with van der Waals surface area (Å²) in [7, 11) is 0. The van der Waals surface area contributed by atoms with Crippen LogP contribution in [0, 0.1) is 11.7 Å². The summed E-state index contributed by atoms with van der Waals surface area (Å²) in [6.07, 6.45) is -1.86. The smallest absolute Gasteiger partial charge is 0.184 e. The molecule has 2 aromatic rings. The minimum atomic E-state index is -0.788. The summed E-state index contributed by atoms with van der Waals surface area (Å²) in [6, 6.07) is 14.4. The Hall–Kier alpha value is -0.960. The molecule has 2 saturated heterocycles. The summed E-state index contributed by atoms with van der Waals surface area (Å²) < 4.78 is 32.8. The van der Waals surface area contributed by atoms with Gasteiger partial charge in [-0.2, -0.15) is 0 Å². The van der Waals surface area contributed by atoms with Crippen molar-refractivity contribution in [2.75, 3.05) is 6.61 Å². The van der Waals surface area contributed by atoms with E-state index >= 15 is 0 Å². The molecule has 27 heavy (non-hydrogen) atoms. The molecule has 0 aromatic heterocycles. The second kappa shape index (κ2) is 8.19. The standard InChI is InChI=1S/C20H20BrFO4S/c1-11-17(23)20(27-16-9-13(21)7-8-14(16)22)25-15-10-24-19(26-18(11)15)12-5-3-2-4-6-12/h2-9,11,15,17-20,23H,10H2,1H3/t11?,15?,17?,18-,19?,20-/m1/s1. The van der Waals surface area contributed by atoms with Crippen molar-refractivity contribution in [3.05, 3.63) is 64.4 Å². The minimum absolute atomic E-state index is 0.174. The summed E-state index contributed by atoms with van der Waals surface area (Å²) in [5, 5.41) is 10.8. The average Bonchev–Trinajstić information content (AvgIpc) is 2.69. The predicted molar refractivity (Wildman–Crippen MR) is 104 cm³/mol. The molecule has 2 heterocycles. The quantitative estimate of drug-likeness (QED) is 0.738. The van der Waals surface area contributed by atoms with Crippen molar-refractivity contribution < 1.29 is 23.7 Å². The zero-order valence-electron chi connectivity index (χ0n) is 14.6. The summed E-state index contributed by atoms with van der Waals surface area (Å²) >= 11 is 4.53. The lowest BCUT2D eigenvalue weighted by atomic mass is 9.91. The van der Waals surface area contributed by atoms with Crippen LogP contribution in [0.3, 0.4) is 0 Å². The number of rotatable bonds is 3. The number of hydrogen-bond acceptors (Lipinski definition) is 5. The number of halogens is 2. The summed E-state index contributed by atoms with van der Waals surface area (Å²) in [5.41, 5.74) is 0.343. The van der Waals surface area contributed by atoms with Gasteiger partial charge in [-0.15, -0.1) is 0 Å². The van der Waals surface area contributed by atoms with E-state index in [2.05, 4.69) is 15.9 Å². The van der Waals surface area contributed by atoms with E-state index in [1.54, 1.807) is 12.1 Å². The molecular weight excluding hydrogens is 435 g/mol. The van der Waals surface area contributed by atoms with Crippen molar-refractivity contribution in [2.45, 2.75) is 41.9 Å². The fraction of sp³-hybridized carbons (Fsp3) is 0.400. The van der Waals surface area contributed by atoms with Crippen LogP contribution in [0.4, 0.5) is 4.39 Å². The van der Waals surface area contributed by atoms with E-state index in [0.717, 1.165) is 10.0 Å². The number of fused-ring (bicyclic) bond motifs is 1. The molecule has 2 aromatic carbocycles. The maximum Gasteiger partial charge on any atom is 0.184 e. The van der Waals surface area contributed by atoms with Gasteiger partial charge in [-0.3, -0.25) is 0 Å². The van der Waals surface area contributed by atoms with Gasteiger partial charge in [-0.05, 0) is 18.2 Å². The molecule has 6 atom stereocenters. The zero-order valence-corrected chi connectivity index (χ0v) is 17.0. The third kappa shape index (κ3) is 4.09. The first-order valence-electron chi connectivity index (χ1n) is 8.80. The minimum Gasteiger partial charge on any atom is -0.389 e. The molecular formula is C20H20BrFO4S. The van der Waals surface area contributed by atoms with Gasteiger partial charge in [-0.1, -0.05) is 64.9 Å². The lowest BCUT2D eigenvalue weighted by molar-refractivity contribution is -0.307. The molecule has 0 radical (unpaired) electrons. The highest BCUT2D eigenvalue weighted by Gasteiger charge is 2.47. The van der Waals surface area contributed by atoms with Crippen molar-refractivity contribution in [3.8, 4) is 0 Å². The molecule has 4 rings (SSSR count). The van der Waals surface area contributed by atoms with Gasteiger partial charge in [-0.25, -0.2) is 4.39 Å². The maximum absolute atomic E-state index is 14.1. The lowest BCUT2D eigenvalue weighted by Crippen LogP contribution is -2.57. The van der Waals surface area contributed by atoms with Crippen molar-refractivity contribution >= 4 is 27.7 Å². The van der Waals surface area contributed by atoms with Gasteiger partial charge in [0, 0.05) is 20.8 Å². The van der Waals surface area contributed by atoms with Crippen LogP contribution in [-0.2, 0) is 14.2 Å². The van der Waals surface area contributed by atoms with Crippen LogP contribution in [-0.4, -0.2) is 35.5 Å². The molecule has 0 saturated carbocycles. The van der Waals surface area contributed by atoms with Crippen molar-refractivity contribution in [1.82, 2.24) is 0 Å².